The third-order valence-electron chi connectivity index (χ3n) is 4.41. The molecule has 2 N–H and O–H groups in total. The molecule has 2 rings (SSSR count). The van der Waals surface area contributed by atoms with Gasteiger partial charge < -0.3 is 20.3 Å². The summed E-state index contributed by atoms with van der Waals surface area (Å²) < 4.78 is 30.7. The lowest BCUT2D eigenvalue weighted by Gasteiger charge is -2.14. The van der Waals surface area contributed by atoms with Crippen molar-refractivity contribution in [2.75, 3.05) is 45.4 Å². The summed E-state index contributed by atoms with van der Waals surface area (Å²) in [7, 11) is 2.41. The Morgan fingerprint density at radius 1 is 1.11 bits per heavy atom. The van der Waals surface area contributed by atoms with Crippen molar-refractivity contribution in [3.8, 4) is 0 Å². The van der Waals surface area contributed by atoms with E-state index in [1.165, 1.54) is 55.5 Å². The second-order valence-corrected chi connectivity index (χ2v) is 11.6. The maximum Gasteiger partial charge on any atom is 0.341 e. The molecular formula is C22H29ClN4O7S2. The quantitative estimate of drug-likeness (QED) is 0.373. The fourth-order valence-corrected chi connectivity index (χ4v) is 4.67. The lowest BCUT2D eigenvalue weighted by molar-refractivity contribution is -0.119. The molecule has 1 aromatic carbocycles. The molecule has 0 bridgehead atoms. The number of esters is 1. The molecule has 14 heteroatoms. The number of aryl methyl sites for hydroxylation is 1. The summed E-state index contributed by atoms with van der Waals surface area (Å²) >= 11 is 7.28. The normalized spacial score (nSPS) is 10.7. The largest absolute Gasteiger partial charge is 0.452 e. The number of hydrogen-bond acceptors (Lipinski definition) is 8. The van der Waals surface area contributed by atoms with E-state index in [-0.39, 0.29) is 27.1 Å². The summed E-state index contributed by atoms with van der Waals surface area (Å²) in [5.41, 5.74) is 0.888. The molecule has 0 saturated carbocycles. The molecule has 198 valence electrons. The molecule has 0 spiro atoms. The van der Waals surface area contributed by atoms with Crippen LogP contribution in [0.1, 0.15) is 27.7 Å². The number of anilines is 2. The molecule has 36 heavy (non-hydrogen) atoms. The second kappa shape index (κ2) is 13.3. The van der Waals surface area contributed by atoms with Crippen molar-refractivity contribution in [2.45, 2.75) is 25.7 Å². The zero-order chi connectivity index (χ0) is 27.8. The molecule has 2 aromatic rings. The molecule has 0 fully saturated rings. The van der Waals surface area contributed by atoms with E-state index in [2.05, 4.69) is 10.6 Å². The Balaban J connectivity index is 0.00000118. The minimum Gasteiger partial charge on any atom is -0.452 e. The van der Waals surface area contributed by atoms with Gasteiger partial charge in [0.25, 0.3) is 5.91 Å². The number of ether oxygens (including phenoxy) is 1. The Hall–Kier alpha value is -3.00. The fraction of sp³-hybridized carbons (Fsp3) is 0.364. The first kappa shape index (κ1) is 31.0. The van der Waals surface area contributed by atoms with E-state index >= 15 is 0 Å². The van der Waals surface area contributed by atoms with Gasteiger partial charge in [-0.3, -0.25) is 14.4 Å². The monoisotopic (exact) mass is 560 g/mol. The average molecular weight is 561 g/mol. The Morgan fingerprint density at radius 2 is 1.69 bits per heavy atom. The lowest BCUT2D eigenvalue weighted by atomic mass is 10.1. The van der Waals surface area contributed by atoms with Crippen LogP contribution in [0.25, 0.3) is 0 Å². The third kappa shape index (κ3) is 8.59. The third-order valence-corrected chi connectivity index (χ3v) is 7.68. The highest BCUT2D eigenvalue weighted by Gasteiger charge is 2.23. The number of nitrogens with one attached hydrogen (secondary N) is 2. The van der Waals surface area contributed by atoms with Crippen LogP contribution in [0.3, 0.4) is 0 Å². The van der Waals surface area contributed by atoms with E-state index in [9.17, 15) is 27.6 Å². The number of hydrogen-bond donors (Lipinski definition) is 2. The standard InChI is InChI=1S/C19H22ClN3O6S2.C3H7NO/c1-10-11(2)30-18(21-12(3)24)17(10)19(26)29-9-16(25)22-15-8-13(6-7-14(15)20)31(27,28)23(4)5;1-4(2)3-5/h6-8H,9H2,1-5H3,(H,21,24)(H,22,25);3H,1-2H3. The molecule has 1 aromatic heterocycles. The van der Waals surface area contributed by atoms with Gasteiger partial charge >= 0.3 is 5.97 Å². The number of amides is 3. The van der Waals surface area contributed by atoms with E-state index in [0.717, 1.165) is 15.6 Å². The van der Waals surface area contributed by atoms with Crippen molar-refractivity contribution in [3.63, 3.8) is 0 Å². The molecule has 11 nitrogen and oxygen atoms in total. The summed E-state index contributed by atoms with van der Waals surface area (Å²) in [6.45, 7) is 4.20. The highest BCUT2D eigenvalue weighted by Crippen LogP contribution is 2.33. The van der Waals surface area contributed by atoms with Gasteiger partial charge in [0.15, 0.2) is 6.61 Å². The van der Waals surface area contributed by atoms with Crippen molar-refractivity contribution < 1.29 is 32.3 Å². The van der Waals surface area contributed by atoms with Crippen LogP contribution in [-0.2, 0) is 29.1 Å². The van der Waals surface area contributed by atoms with Gasteiger partial charge in [0.1, 0.15) is 5.00 Å². The first-order valence-electron chi connectivity index (χ1n) is 10.3. The van der Waals surface area contributed by atoms with E-state index < -0.39 is 28.5 Å². The van der Waals surface area contributed by atoms with Crippen LogP contribution in [-0.4, -0.2) is 76.6 Å². The Kier molecular flexibility index (Phi) is 11.5. The smallest absolute Gasteiger partial charge is 0.341 e. The molecule has 0 aliphatic heterocycles. The van der Waals surface area contributed by atoms with Crippen LogP contribution in [0.4, 0.5) is 10.7 Å². The first-order chi connectivity index (χ1) is 16.6. The van der Waals surface area contributed by atoms with Crippen molar-refractivity contribution in [2.24, 2.45) is 0 Å². The molecule has 0 saturated heterocycles. The van der Waals surface area contributed by atoms with E-state index in [1.54, 1.807) is 27.9 Å². The zero-order valence-electron chi connectivity index (χ0n) is 21.0. The number of thiophene rings is 1. The van der Waals surface area contributed by atoms with E-state index in [4.69, 9.17) is 16.3 Å². The molecule has 0 unspecified atom stereocenters. The topological polar surface area (TPSA) is 142 Å². The second-order valence-electron chi connectivity index (χ2n) is 7.79. The fourth-order valence-electron chi connectivity index (χ4n) is 2.48. The van der Waals surface area contributed by atoms with Gasteiger partial charge in [0, 0.05) is 40.0 Å². The van der Waals surface area contributed by atoms with Crippen LogP contribution >= 0.6 is 22.9 Å². The number of carbonyl (C=O) groups excluding carboxylic acids is 4. The summed E-state index contributed by atoms with van der Waals surface area (Å²) in [6, 6.07) is 3.88. The molecule has 0 radical (unpaired) electrons. The minimum atomic E-state index is -3.73. The number of benzene rings is 1. The summed E-state index contributed by atoms with van der Waals surface area (Å²) in [4.78, 5) is 47.8. The molecule has 3 amide bonds. The van der Waals surface area contributed by atoms with Crippen LogP contribution in [0, 0.1) is 13.8 Å². The predicted molar refractivity (Wildman–Crippen MR) is 139 cm³/mol. The molecule has 0 aliphatic carbocycles. The van der Waals surface area contributed by atoms with Crippen molar-refractivity contribution in [1.82, 2.24) is 9.21 Å². The molecule has 0 aliphatic rings. The van der Waals surface area contributed by atoms with Crippen molar-refractivity contribution in [1.29, 1.82) is 0 Å². The van der Waals surface area contributed by atoms with Gasteiger partial charge in [-0.05, 0) is 37.6 Å². The Morgan fingerprint density at radius 3 is 2.19 bits per heavy atom. The number of nitrogens with zero attached hydrogens (tertiary/aromatic N) is 2. The highest BCUT2D eigenvalue weighted by atomic mass is 35.5. The average Bonchev–Trinajstić information content (AvgIpc) is 3.05. The summed E-state index contributed by atoms with van der Waals surface area (Å²) in [6.07, 6.45) is 0.750. The SMILES string of the molecule is CC(=O)Nc1sc(C)c(C)c1C(=O)OCC(=O)Nc1cc(S(=O)(=O)N(C)C)ccc1Cl.CN(C)C=O. The van der Waals surface area contributed by atoms with Gasteiger partial charge in [0.05, 0.1) is 21.2 Å². The van der Waals surface area contributed by atoms with E-state index in [1.807, 2.05) is 0 Å². The molecule has 0 atom stereocenters. The van der Waals surface area contributed by atoms with Crippen LogP contribution < -0.4 is 10.6 Å². The van der Waals surface area contributed by atoms with Crippen LogP contribution in [0.2, 0.25) is 5.02 Å². The van der Waals surface area contributed by atoms with Crippen molar-refractivity contribution >= 4 is 67.8 Å². The first-order valence-corrected chi connectivity index (χ1v) is 12.9. The summed E-state index contributed by atoms with van der Waals surface area (Å²) in [5, 5.41) is 5.48. The van der Waals surface area contributed by atoms with Gasteiger partial charge in [0.2, 0.25) is 22.3 Å². The van der Waals surface area contributed by atoms with Gasteiger partial charge in [-0.25, -0.2) is 17.5 Å². The number of rotatable bonds is 8. The predicted octanol–water partition coefficient (Wildman–Crippen LogP) is 2.73. The maximum atomic E-state index is 12.5. The highest BCUT2D eigenvalue weighted by molar-refractivity contribution is 7.89. The number of sulfonamides is 1. The van der Waals surface area contributed by atoms with Crippen LogP contribution in [0.15, 0.2) is 23.1 Å². The Bertz CT molecular complexity index is 1240. The maximum absolute atomic E-state index is 12.5. The zero-order valence-corrected chi connectivity index (χ0v) is 23.4. The van der Waals surface area contributed by atoms with Gasteiger partial charge in [-0.1, -0.05) is 11.6 Å². The number of carbonyl (C=O) groups is 4. The van der Waals surface area contributed by atoms with Crippen molar-refractivity contribution in [3.05, 3.63) is 39.2 Å². The van der Waals surface area contributed by atoms with Gasteiger partial charge in [-0.2, -0.15) is 0 Å². The molecule has 1 heterocycles. The Labute approximate surface area is 219 Å². The lowest BCUT2D eigenvalue weighted by Crippen LogP contribution is -2.23. The summed E-state index contributed by atoms with van der Waals surface area (Å²) in [5.74, 6) is -1.81. The number of halogens is 1. The molecular weight excluding hydrogens is 532 g/mol. The van der Waals surface area contributed by atoms with Gasteiger partial charge in [-0.15, -0.1) is 11.3 Å². The minimum absolute atomic E-state index is 0.0569. The van der Waals surface area contributed by atoms with E-state index in [0.29, 0.717) is 10.6 Å². The van der Waals surface area contributed by atoms with Crippen LogP contribution in [0.5, 0.6) is 0 Å².